The number of H-pyrrole nitrogens is 1. The first kappa shape index (κ1) is 18.2. The summed E-state index contributed by atoms with van der Waals surface area (Å²) >= 11 is 0. The molecule has 1 aliphatic carbocycles. The van der Waals surface area contributed by atoms with E-state index in [1.165, 1.54) is 36.7 Å². The third-order valence-electron chi connectivity index (χ3n) is 5.59. The van der Waals surface area contributed by atoms with Crippen molar-refractivity contribution in [2.24, 2.45) is 4.99 Å². The van der Waals surface area contributed by atoms with E-state index < -0.39 is 0 Å². The summed E-state index contributed by atoms with van der Waals surface area (Å²) in [6, 6.07) is 19.1. The van der Waals surface area contributed by atoms with Crippen LogP contribution in [0.1, 0.15) is 30.4 Å². The van der Waals surface area contributed by atoms with E-state index in [4.69, 9.17) is 0 Å². The van der Waals surface area contributed by atoms with E-state index in [0.29, 0.717) is 6.54 Å². The minimum Gasteiger partial charge on any atom is -0.356 e. The second-order valence-corrected chi connectivity index (χ2v) is 7.31. The van der Waals surface area contributed by atoms with Crippen LogP contribution in [0.2, 0.25) is 0 Å². The summed E-state index contributed by atoms with van der Waals surface area (Å²) in [6.45, 7) is 1.59. The molecule has 0 spiro atoms. The Morgan fingerprint density at radius 3 is 2.64 bits per heavy atom. The fraction of sp³-hybridized carbons (Fsp3) is 0.318. The molecule has 4 rings (SSSR count). The molecule has 1 aliphatic rings. The van der Waals surface area contributed by atoms with E-state index in [1.54, 1.807) is 0 Å². The highest BCUT2D eigenvalue weighted by Crippen LogP contribution is 2.43. The van der Waals surface area contributed by atoms with E-state index in [1.807, 2.05) is 19.2 Å². The van der Waals surface area contributed by atoms with Crippen LogP contribution in [0.15, 0.2) is 65.9 Å². The van der Waals surface area contributed by atoms with Crippen LogP contribution in [-0.4, -0.2) is 34.7 Å². The van der Waals surface area contributed by atoms with Crippen LogP contribution in [0, 0.1) is 0 Å². The van der Waals surface area contributed by atoms with Crippen LogP contribution in [0.25, 0.3) is 11.4 Å². The van der Waals surface area contributed by atoms with Crippen molar-refractivity contribution in [2.45, 2.75) is 31.2 Å². The summed E-state index contributed by atoms with van der Waals surface area (Å²) in [6.07, 6.45) is 5.26. The summed E-state index contributed by atoms with van der Waals surface area (Å²) in [5.41, 5.74) is 3.84. The lowest BCUT2D eigenvalue weighted by atomic mass is 9.64. The molecule has 2 aromatic carbocycles. The molecular formula is C22H26N6. The Balaban J connectivity index is 1.36. The maximum Gasteiger partial charge on any atom is 0.191 e. The zero-order valence-electron chi connectivity index (χ0n) is 16.2. The van der Waals surface area contributed by atoms with Gasteiger partial charge in [-0.05, 0) is 30.0 Å². The first-order chi connectivity index (χ1) is 13.8. The van der Waals surface area contributed by atoms with Crippen LogP contribution in [0.4, 0.5) is 0 Å². The molecule has 28 heavy (non-hydrogen) atoms. The topological polar surface area (TPSA) is 78.0 Å². The van der Waals surface area contributed by atoms with Gasteiger partial charge in [0.05, 0.1) is 0 Å². The van der Waals surface area contributed by atoms with Crippen molar-refractivity contribution in [3.63, 3.8) is 0 Å². The first-order valence-electron chi connectivity index (χ1n) is 9.74. The second kappa shape index (κ2) is 8.25. The summed E-state index contributed by atoms with van der Waals surface area (Å²) in [5, 5.41) is 13.8. The van der Waals surface area contributed by atoms with Crippen molar-refractivity contribution >= 4 is 5.96 Å². The summed E-state index contributed by atoms with van der Waals surface area (Å²) in [7, 11) is 1.82. The molecule has 1 aromatic heterocycles. The summed E-state index contributed by atoms with van der Waals surface area (Å²) in [4.78, 5) is 8.61. The first-order valence-corrected chi connectivity index (χ1v) is 9.74. The average molecular weight is 374 g/mol. The average Bonchev–Trinajstić information content (AvgIpc) is 3.25. The maximum atomic E-state index is 4.40. The standard InChI is InChI=1S/C22H26N6/c1-23-21(25-15-22(11-6-12-22)19-9-3-2-4-10-19)24-14-17-7-5-8-18(13-17)20-26-16-27-28-20/h2-5,7-10,13,16H,6,11-12,14-15H2,1H3,(H2,23,24,25)(H,26,27,28). The van der Waals surface area contributed by atoms with Crippen molar-refractivity contribution in [3.8, 4) is 11.4 Å². The monoisotopic (exact) mass is 374 g/mol. The van der Waals surface area contributed by atoms with Gasteiger partial charge in [0.15, 0.2) is 11.8 Å². The highest BCUT2D eigenvalue weighted by molar-refractivity contribution is 5.79. The maximum absolute atomic E-state index is 4.40. The zero-order chi connectivity index (χ0) is 19.2. The van der Waals surface area contributed by atoms with E-state index in [9.17, 15) is 0 Å². The van der Waals surface area contributed by atoms with Gasteiger partial charge in [0.2, 0.25) is 0 Å². The predicted octanol–water partition coefficient (Wildman–Crippen LogP) is 3.26. The molecule has 0 aliphatic heterocycles. The van der Waals surface area contributed by atoms with Crippen molar-refractivity contribution < 1.29 is 0 Å². The van der Waals surface area contributed by atoms with Gasteiger partial charge in [-0.25, -0.2) is 4.98 Å². The normalized spacial score (nSPS) is 15.7. The lowest BCUT2D eigenvalue weighted by Gasteiger charge is -2.43. The van der Waals surface area contributed by atoms with Gasteiger partial charge in [0.1, 0.15) is 6.33 Å². The number of guanidine groups is 1. The number of nitrogens with zero attached hydrogens (tertiary/aromatic N) is 3. The number of hydrogen-bond donors (Lipinski definition) is 3. The van der Waals surface area contributed by atoms with Gasteiger partial charge in [0, 0.05) is 31.1 Å². The molecule has 0 saturated heterocycles. The predicted molar refractivity (Wildman–Crippen MR) is 112 cm³/mol. The van der Waals surface area contributed by atoms with Crippen molar-refractivity contribution in [3.05, 3.63) is 72.1 Å². The van der Waals surface area contributed by atoms with Gasteiger partial charge < -0.3 is 10.6 Å². The minimum atomic E-state index is 0.227. The molecule has 0 atom stereocenters. The number of benzene rings is 2. The molecule has 0 amide bonds. The fourth-order valence-electron chi connectivity index (χ4n) is 3.80. The Bertz CT molecular complexity index is 913. The van der Waals surface area contributed by atoms with Gasteiger partial charge in [-0.3, -0.25) is 10.1 Å². The van der Waals surface area contributed by atoms with E-state index in [2.05, 4.69) is 73.3 Å². The van der Waals surface area contributed by atoms with Crippen LogP contribution in [0.5, 0.6) is 0 Å². The Labute approximate surface area is 165 Å². The number of aromatic nitrogens is 3. The minimum absolute atomic E-state index is 0.227. The van der Waals surface area contributed by atoms with Crippen molar-refractivity contribution in [2.75, 3.05) is 13.6 Å². The number of aromatic amines is 1. The van der Waals surface area contributed by atoms with Gasteiger partial charge in [-0.2, -0.15) is 5.10 Å². The van der Waals surface area contributed by atoms with Gasteiger partial charge in [-0.1, -0.05) is 55.0 Å². The van der Waals surface area contributed by atoms with Crippen molar-refractivity contribution in [1.29, 1.82) is 0 Å². The lowest BCUT2D eigenvalue weighted by molar-refractivity contribution is 0.244. The Hall–Kier alpha value is -3.15. The van der Waals surface area contributed by atoms with Gasteiger partial charge in [-0.15, -0.1) is 0 Å². The molecule has 144 valence electrons. The van der Waals surface area contributed by atoms with Crippen LogP contribution in [0.3, 0.4) is 0 Å². The molecule has 6 nitrogen and oxygen atoms in total. The van der Waals surface area contributed by atoms with Gasteiger partial charge >= 0.3 is 0 Å². The van der Waals surface area contributed by atoms with E-state index >= 15 is 0 Å². The molecule has 3 aromatic rings. The highest BCUT2D eigenvalue weighted by atomic mass is 15.2. The third kappa shape index (κ3) is 3.91. The molecule has 0 radical (unpaired) electrons. The molecule has 3 N–H and O–H groups in total. The number of rotatable bonds is 6. The van der Waals surface area contributed by atoms with Crippen LogP contribution >= 0.6 is 0 Å². The molecular weight excluding hydrogens is 348 g/mol. The number of nitrogens with one attached hydrogen (secondary N) is 3. The third-order valence-corrected chi connectivity index (χ3v) is 5.59. The summed E-state index contributed by atoms with van der Waals surface area (Å²) in [5.74, 6) is 1.60. The quantitative estimate of drug-likeness (QED) is 0.457. The Kier molecular flexibility index (Phi) is 5.37. The van der Waals surface area contributed by atoms with Crippen LogP contribution < -0.4 is 10.6 Å². The largest absolute Gasteiger partial charge is 0.356 e. The summed E-state index contributed by atoms with van der Waals surface area (Å²) < 4.78 is 0. The van der Waals surface area contributed by atoms with Crippen LogP contribution in [-0.2, 0) is 12.0 Å². The molecule has 0 bridgehead atoms. The molecule has 6 heteroatoms. The fourth-order valence-corrected chi connectivity index (χ4v) is 3.80. The number of hydrogen-bond acceptors (Lipinski definition) is 3. The molecule has 0 unspecified atom stereocenters. The smallest absolute Gasteiger partial charge is 0.191 e. The van der Waals surface area contributed by atoms with Crippen molar-refractivity contribution in [1.82, 2.24) is 25.8 Å². The van der Waals surface area contributed by atoms with E-state index in [0.717, 1.165) is 23.9 Å². The Morgan fingerprint density at radius 1 is 1.11 bits per heavy atom. The highest BCUT2D eigenvalue weighted by Gasteiger charge is 2.38. The van der Waals surface area contributed by atoms with E-state index in [-0.39, 0.29) is 5.41 Å². The lowest BCUT2D eigenvalue weighted by Crippen LogP contribution is -2.48. The molecule has 1 saturated carbocycles. The number of aliphatic imine (C=N–C) groups is 1. The SMILES string of the molecule is CN=C(NCc1cccc(-c2ncn[nH]2)c1)NCC1(c2ccccc2)CCC1. The Morgan fingerprint density at radius 2 is 1.96 bits per heavy atom. The zero-order valence-corrected chi connectivity index (χ0v) is 16.2. The van der Waals surface area contributed by atoms with Gasteiger partial charge in [0.25, 0.3) is 0 Å². The second-order valence-electron chi connectivity index (χ2n) is 7.31. The molecule has 1 heterocycles. The molecule has 1 fully saturated rings.